The van der Waals surface area contributed by atoms with Gasteiger partial charge in [0, 0.05) is 18.1 Å². The summed E-state index contributed by atoms with van der Waals surface area (Å²) in [5.41, 5.74) is -0.370. The molecule has 0 radical (unpaired) electrons. The monoisotopic (exact) mass is 239 g/mol. The van der Waals surface area contributed by atoms with Crippen LogP contribution in [0.2, 0.25) is 0 Å². The fourth-order valence-electron chi connectivity index (χ4n) is 1.25. The van der Waals surface area contributed by atoms with Gasteiger partial charge in [-0.25, -0.2) is 4.79 Å². The highest BCUT2D eigenvalue weighted by atomic mass is 16.6. The number of phenols is 1. The second kappa shape index (κ2) is 5.06. The fraction of sp³-hybridized carbons (Fsp3) is 0.200. The van der Waals surface area contributed by atoms with Gasteiger partial charge in [-0.05, 0) is 12.1 Å². The van der Waals surface area contributed by atoms with Gasteiger partial charge in [0.2, 0.25) is 5.78 Å². The zero-order valence-corrected chi connectivity index (χ0v) is 8.87. The number of aromatic hydroxyl groups is 1. The van der Waals surface area contributed by atoms with Crippen LogP contribution in [-0.2, 0) is 20.7 Å². The van der Waals surface area contributed by atoms with Crippen molar-refractivity contribution in [1.29, 1.82) is 0 Å². The van der Waals surface area contributed by atoms with Crippen molar-refractivity contribution in [2.45, 2.75) is 6.42 Å². The third-order valence-corrected chi connectivity index (χ3v) is 2.02. The molecule has 0 saturated heterocycles. The van der Waals surface area contributed by atoms with E-state index in [1.54, 1.807) is 0 Å². The van der Waals surface area contributed by atoms with E-state index in [-0.39, 0.29) is 17.0 Å². The number of ether oxygens (including phenoxy) is 1. The van der Waals surface area contributed by atoms with E-state index in [0.29, 0.717) is 0 Å². The van der Waals surface area contributed by atoms with Crippen molar-refractivity contribution < 1.29 is 24.4 Å². The van der Waals surface area contributed by atoms with E-state index in [1.807, 2.05) is 0 Å². The lowest BCUT2D eigenvalue weighted by molar-refractivity contribution is -0.385. The molecule has 0 unspecified atom stereocenters. The smallest absolute Gasteiger partial charge is 0.374 e. The van der Waals surface area contributed by atoms with Crippen LogP contribution < -0.4 is 0 Å². The van der Waals surface area contributed by atoms with Gasteiger partial charge in [0.15, 0.2) is 0 Å². The number of carbonyl (C=O) groups is 2. The van der Waals surface area contributed by atoms with Gasteiger partial charge in [0.1, 0.15) is 5.75 Å². The third kappa shape index (κ3) is 3.00. The zero-order chi connectivity index (χ0) is 13.0. The second-order valence-corrected chi connectivity index (χ2v) is 3.16. The molecule has 1 aromatic carbocycles. The molecule has 17 heavy (non-hydrogen) atoms. The van der Waals surface area contributed by atoms with Crippen molar-refractivity contribution in [3.8, 4) is 5.75 Å². The molecule has 7 nitrogen and oxygen atoms in total. The van der Waals surface area contributed by atoms with E-state index in [1.165, 1.54) is 0 Å². The van der Waals surface area contributed by atoms with E-state index in [2.05, 4.69) is 4.74 Å². The SMILES string of the molecule is COC(=O)C(=O)Cc1cc(O)ccc1[N+](=O)[O-]. The summed E-state index contributed by atoms with van der Waals surface area (Å²) in [7, 11) is 1.04. The molecule has 90 valence electrons. The standard InChI is InChI=1S/C10H9NO6/c1-17-10(14)9(13)5-6-4-7(12)2-3-8(6)11(15)16/h2-4,12H,5H2,1H3. The number of benzene rings is 1. The maximum Gasteiger partial charge on any atom is 0.374 e. The number of esters is 1. The summed E-state index contributed by atoms with van der Waals surface area (Å²) in [5.74, 6) is -2.22. The lowest BCUT2D eigenvalue weighted by Crippen LogP contribution is -2.18. The van der Waals surface area contributed by atoms with Crippen molar-refractivity contribution in [1.82, 2.24) is 0 Å². The highest BCUT2D eigenvalue weighted by Gasteiger charge is 2.21. The van der Waals surface area contributed by atoms with E-state index in [0.717, 1.165) is 25.3 Å². The summed E-state index contributed by atoms with van der Waals surface area (Å²) >= 11 is 0. The molecular formula is C10H9NO6. The van der Waals surface area contributed by atoms with Gasteiger partial charge < -0.3 is 9.84 Å². The van der Waals surface area contributed by atoms with Crippen molar-refractivity contribution in [3.63, 3.8) is 0 Å². The first-order chi connectivity index (χ1) is 7.95. The van der Waals surface area contributed by atoms with Gasteiger partial charge in [-0.2, -0.15) is 0 Å². The summed E-state index contributed by atoms with van der Waals surface area (Å²) in [6.45, 7) is 0. The zero-order valence-electron chi connectivity index (χ0n) is 8.87. The molecule has 0 spiro atoms. The van der Waals surface area contributed by atoms with Gasteiger partial charge in [0.25, 0.3) is 5.69 Å². The maximum absolute atomic E-state index is 11.3. The van der Waals surface area contributed by atoms with Crippen LogP contribution in [0.4, 0.5) is 5.69 Å². The van der Waals surface area contributed by atoms with Crippen molar-refractivity contribution in [2.75, 3.05) is 7.11 Å². The molecule has 0 atom stereocenters. The minimum absolute atomic E-state index is 0.0367. The molecule has 7 heteroatoms. The molecule has 0 saturated carbocycles. The van der Waals surface area contributed by atoms with Crippen LogP contribution in [0.25, 0.3) is 0 Å². The maximum atomic E-state index is 11.3. The topological polar surface area (TPSA) is 107 Å². The van der Waals surface area contributed by atoms with E-state index in [4.69, 9.17) is 0 Å². The molecule has 0 aromatic heterocycles. The minimum Gasteiger partial charge on any atom is -0.508 e. The molecule has 0 bridgehead atoms. The Hall–Kier alpha value is -2.44. The summed E-state index contributed by atoms with van der Waals surface area (Å²) in [6, 6.07) is 3.26. The Morgan fingerprint density at radius 1 is 1.47 bits per heavy atom. The number of methoxy groups -OCH3 is 1. The Morgan fingerprint density at radius 2 is 2.12 bits per heavy atom. The molecule has 0 fully saturated rings. The number of rotatable bonds is 4. The molecule has 1 N–H and O–H groups in total. The van der Waals surface area contributed by atoms with E-state index in [9.17, 15) is 24.8 Å². The molecule has 0 aliphatic rings. The molecule has 1 rings (SSSR count). The van der Waals surface area contributed by atoms with E-state index >= 15 is 0 Å². The Labute approximate surface area is 95.8 Å². The number of phenolic OH excluding ortho intramolecular Hbond substituents is 1. The minimum atomic E-state index is -1.08. The predicted octanol–water partition coefficient (Wildman–Crippen LogP) is 0.585. The first-order valence-electron chi connectivity index (χ1n) is 4.53. The van der Waals surface area contributed by atoms with Gasteiger partial charge in [-0.3, -0.25) is 14.9 Å². The third-order valence-electron chi connectivity index (χ3n) is 2.02. The number of hydrogen-bond acceptors (Lipinski definition) is 6. The molecule has 0 aliphatic heterocycles. The van der Waals surface area contributed by atoms with Crippen LogP contribution in [0, 0.1) is 10.1 Å². The Morgan fingerprint density at radius 3 is 2.65 bits per heavy atom. The largest absolute Gasteiger partial charge is 0.508 e. The summed E-state index contributed by atoms with van der Waals surface area (Å²) in [4.78, 5) is 32.1. The molecule has 0 aliphatic carbocycles. The molecular weight excluding hydrogens is 230 g/mol. The first kappa shape index (κ1) is 12.6. The first-order valence-corrected chi connectivity index (χ1v) is 4.53. The predicted molar refractivity (Wildman–Crippen MR) is 55.5 cm³/mol. The normalized spacial score (nSPS) is 9.71. The van der Waals surface area contributed by atoms with Crippen molar-refractivity contribution >= 4 is 17.4 Å². The molecule has 1 aromatic rings. The van der Waals surface area contributed by atoms with Crippen molar-refractivity contribution in [3.05, 3.63) is 33.9 Å². The van der Waals surface area contributed by atoms with Crippen LogP contribution in [0.15, 0.2) is 18.2 Å². The van der Waals surface area contributed by atoms with Gasteiger partial charge in [-0.1, -0.05) is 0 Å². The van der Waals surface area contributed by atoms with Crippen LogP contribution in [0.3, 0.4) is 0 Å². The second-order valence-electron chi connectivity index (χ2n) is 3.16. The Balaban J connectivity index is 3.04. The summed E-state index contributed by atoms with van der Waals surface area (Å²) < 4.78 is 4.19. The highest BCUT2D eigenvalue weighted by Crippen LogP contribution is 2.23. The lowest BCUT2D eigenvalue weighted by atomic mass is 10.1. The Bertz CT molecular complexity index is 482. The van der Waals surface area contributed by atoms with Gasteiger partial charge in [0.05, 0.1) is 12.0 Å². The van der Waals surface area contributed by atoms with Gasteiger partial charge >= 0.3 is 5.97 Å². The number of Topliss-reactive ketones (excluding diaryl/α,β-unsaturated/α-hetero) is 1. The fourth-order valence-corrected chi connectivity index (χ4v) is 1.25. The quantitative estimate of drug-likeness (QED) is 0.356. The number of nitro benzene ring substituents is 1. The number of nitro groups is 1. The number of hydrogen-bond donors (Lipinski definition) is 1. The summed E-state index contributed by atoms with van der Waals surface area (Å²) in [5, 5.41) is 19.8. The average molecular weight is 239 g/mol. The van der Waals surface area contributed by atoms with Crippen LogP contribution in [0.1, 0.15) is 5.56 Å². The Kier molecular flexibility index (Phi) is 3.76. The number of nitrogens with zero attached hydrogens (tertiary/aromatic N) is 1. The van der Waals surface area contributed by atoms with Crippen LogP contribution in [0.5, 0.6) is 5.75 Å². The van der Waals surface area contributed by atoms with Crippen LogP contribution >= 0.6 is 0 Å². The van der Waals surface area contributed by atoms with Crippen LogP contribution in [-0.4, -0.2) is 28.9 Å². The highest BCUT2D eigenvalue weighted by molar-refractivity contribution is 6.34. The van der Waals surface area contributed by atoms with Crippen molar-refractivity contribution in [2.24, 2.45) is 0 Å². The molecule has 0 amide bonds. The molecule has 0 heterocycles. The summed E-state index contributed by atoms with van der Waals surface area (Å²) in [6.07, 6.45) is -0.489. The van der Waals surface area contributed by atoms with E-state index < -0.39 is 23.1 Å². The lowest BCUT2D eigenvalue weighted by Gasteiger charge is -2.02. The number of ketones is 1. The number of carbonyl (C=O) groups excluding carboxylic acids is 2. The average Bonchev–Trinajstić information content (AvgIpc) is 2.27. The van der Waals surface area contributed by atoms with Gasteiger partial charge in [-0.15, -0.1) is 0 Å².